The second kappa shape index (κ2) is 8.12. The van der Waals surface area contributed by atoms with E-state index in [0.717, 1.165) is 36.3 Å². The molecule has 2 aromatic carbocycles. The van der Waals surface area contributed by atoms with Crippen molar-refractivity contribution in [3.63, 3.8) is 0 Å². The van der Waals surface area contributed by atoms with Gasteiger partial charge in [-0.3, -0.25) is 4.79 Å². The van der Waals surface area contributed by atoms with Crippen LogP contribution < -0.4 is 9.47 Å². The van der Waals surface area contributed by atoms with Crippen LogP contribution in [0.15, 0.2) is 51.8 Å². The molecule has 168 valence electrons. The minimum Gasteiger partial charge on any atom is -0.490 e. The van der Waals surface area contributed by atoms with E-state index in [2.05, 4.69) is 4.40 Å². The summed E-state index contributed by atoms with van der Waals surface area (Å²) in [6, 6.07) is 12.5. The maximum atomic E-state index is 13.2. The fourth-order valence-electron chi connectivity index (χ4n) is 4.53. The van der Waals surface area contributed by atoms with Crippen LogP contribution in [0.4, 0.5) is 0 Å². The van der Waals surface area contributed by atoms with Crippen LogP contribution in [-0.2, 0) is 14.8 Å². The SMILES string of the molecule is CN(CC(=O)N1CCC[C@H]1c1ccc2c(c1)OCCCO2)C1=NS(=O)(=O)c2ccccc21. The maximum absolute atomic E-state index is 13.2. The van der Waals surface area contributed by atoms with Gasteiger partial charge in [0.1, 0.15) is 4.90 Å². The number of hydrogen-bond donors (Lipinski definition) is 0. The number of carbonyl (C=O) groups is 1. The molecule has 2 aromatic rings. The number of amides is 1. The van der Waals surface area contributed by atoms with Crippen LogP contribution in [0.3, 0.4) is 0 Å². The number of carbonyl (C=O) groups excluding carboxylic acids is 1. The lowest BCUT2D eigenvalue weighted by molar-refractivity contribution is -0.132. The zero-order valence-electron chi connectivity index (χ0n) is 17.9. The van der Waals surface area contributed by atoms with Crippen LogP contribution in [0.1, 0.15) is 36.4 Å². The van der Waals surface area contributed by atoms with Crippen molar-refractivity contribution in [2.24, 2.45) is 4.40 Å². The number of sulfonamides is 1. The molecular formula is C23H25N3O5S. The van der Waals surface area contributed by atoms with Gasteiger partial charge >= 0.3 is 0 Å². The molecule has 1 atom stereocenters. The van der Waals surface area contributed by atoms with Crippen molar-refractivity contribution < 1.29 is 22.7 Å². The first-order chi connectivity index (χ1) is 15.4. The van der Waals surface area contributed by atoms with E-state index < -0.39 is 10.0 Å². The first-order valence-electron chi connectivity index (χ1n) is 10.8. The van der Waals surface area contributed by atoms with Crippen LogP contribution >= 0.6 is 0 Å². The number of amidine groups is 1. The molecule has 0 aliphatic carbocycles. The van der Waals surface area contributed by atoms with Crippen LogP contribution in [0.5, 0.6) is 11.5 Å². The van der Waals surface area contributed by atoms with Crippen LogP contribution in [0.25, 0.3) is 0 Å². The van der Waals surface area contributed by atoms with Crippen molar-refractivity contribution in [3.05, 3.63) is 53.6 Å². The Balaban J connectivity index is 1.34. The lowest BCUT2D eigenvalue weighted by Crippen LogP contribution is -2.40. The highest BCUT2D eigenvalue weighted by molar-refractivity contribution is 7.90. The fourth-order valence-corrected chi connectivity index (χ4v) is 5.78. The number of benzene rings is 2. The predicted octanol–water partition coefficient (Wildman–Crippen LogP) is 2.59. The molecule has 3 heterocycles. The quantitative estimate of drug-likeness (QED) is 0.707. The lowest BCUT2D eigenvalue weighted by atomic mass is 10.0. The summed E-state index contributed by atoms with van der Waals surface area (Å²) < 4.78 is 40.2. The highest BCUT2D eigenvalue weighted by Crippen LogP contribution is 2.38. The molecule has 0 spiro atoms. The minimum atomic E-state index is -3.72. The summed E-state index contributed by atoms with van der Waals surface area (Å²) >= 11 is 0. The summed E-state index contributed by atoms with van der Waals surface area (Å²) in [5, 5.41) is 0. The minimum absolute atomic E-state index is 0.0454. The second-order valence-corrected chi connectivity index (χ2v) is 9.82. The Hall–Kier alpha value is -3.07. The van der Waals surface area contributed by atoms with E-state index in [1.54, 1.807) is 30.1 Å². The summed E-state index contributed by atoms with van der Waals surface area (Å²) in [6.07, 6.45) is 2.62. The molecule has 9 heteroatoms. The average molecular weight is 456 g/mol. The van der Waals surface area contributed by atoms with Gasteiger partial charge in [0, 0.05) is 25.6 Å². The van der Waals surface area contributed by atoms with Crippen molar-refractivity contribution in [2.75, 3.05) is 33.4 Å². The molecule has 5 rings (SSSR count). The van der Waals surface area contributed by atoms with Gasteiger partial charge in [0.2, 0.25) is 5.91 Å². The first-order valence-corrected chi connectivity index (χ1v) is 12.2. The van der Waals surface area contributed by atoms with E-state index in [1.165, 1.54) is 6.07 Å². The van der Waals surface area contributed by atoms with Gasteiger partial charge in [-0.05, 0) is 42.7 Å². The number of ether oxygens (including phenoxy) is 2. The van der Waals surface area contributed by atoms with Crippen molar-refractivity contribution in [2.45, 2.75) is 30.2 Å². The number of likely N-dealkylation sites (N-methyl/N-ethyl adjacent to an activating group) is 1. The number of nitrogens with zero attached hydrogens (tertiary/aromatic N) is 3. The Morgan fingerprint density at radius 3 is 2.75 bits per heavy atom. The Bertz CT molecular complexity index is 1190. The van der Waals surface area contributed by atoms with Crippen LogP contribution in [0, 0.1) is 0 Å². The zero-order valence-corrected chi connectivity index (χ0v) is 18.7. The lowest BCUT2D eigenvalue weighted by Gasteiger charge is -2.28. The highest BCUT2D eigenvalue weighted by atomic mass is 32.2. The predicted molar refractivity (Wildman–Crippen MR) is 119 cm³/mol. The summed E-state index contributed by atoms with van der Waals surface area (Å²) in [5.41, 5.74) is 1.55. The largest absolute Gasteiger partial charge is 0.490 e. The van der Waals surface area contributed by atoms with Gasteiger partial charge in [0.05, 0.1) is 25.8 Å². The molecule has 3 aliphatic rings. The summed E-state index contributed by atoms with van der Waals surface area (Å²) in [5.74, 6) is 1.70. The molecule has 0 aromatic heterocycles. The third-order valence-electron chi connectivity index (χ3n) is 6.08. The first kappa shape index (κ1) is 20.8. The van der Waals surface area contributed by atoms with Crippen molar-refractivity contribution in [1.29, 1.82) is 0 Å². The molecule has 32 heavy (non-hydrogen) atoms. The molecule has 1 fully saturated rings. The summed E-state index contributed by atoms with van der Waals surface area (Å²) in [4.78, 5) is 16.9. The molecule has 1 saturated heterocycles. The van der Waals surface area contributed by atoms with Crippen molar-refractivity contribution >= 4 is 21.8 Å². The third-order valence-corrected chi connectivity index (χ3v) is 7.40. The topological polar surface area (TPSA) is 88.5 Å². The monoisotopic (exact) mass is 455 g/mol. The third kappa shape index (κ3) is 3.70. The standard InChI is InChI=1S/C23H25N3O5S/c1-25(23-17-6-2-3-8-21(17)32(28,29)24-23)15-22(27)26-11-4-7-18(26)16-9-10-19-20(14-16)31-13-5-12-30-19/h2-3,6,8-10,14,18H,4-5,7,11-13,15H2,1H3/t18-/m0/s1. The molecule has 0 N–H and O–H groups in total. The highest BCUT2D eigenvalue weighted by Gasteiger charge is 2.34. The number of rotatable bonds is 3. The molecular weight excluding hydrogens is 430 g/mol. The number of hydrogen-bond acceptors (Lipinski definition) is 6. The van der Waals surface area contributed by atoms with Gasteiger partial charge in [0.25, 0.3) is 10.0 Å². The normalized spacial score (nSPS) is 21.0. The zero-order chi connectivity index (χ0) is 22.3. The van der Waals surface area contributed by atoms with E-state index in [9.17, 15) is 13.2 Å². The fraction of sp³-hybridized carbons (Fsp3) is 0.391. The van der Waals surface area contributed by atoms with Crippen LogP contribution in [0.2, 0.25) is 0 Å². The molecule has 1 amide bonds. The van der Waals surface area contributed by atoms with Gasteiger partial charge < -0.3 is 19.3 Å². The summed E-state index contributed by atoms with van der Waals surface area (Å²) in [7, 11) is -2.02. The van der Waals surface area contributed by atoms with E-state index in [-0.39, 0.29) is 23.4 Å². The Kier molecular flexibility index (Phi) is 5.28. The van der Waals surface area contributed by atoms with E-state index >= 15 is 0 Å². The van der Waals surface area contributed by atoms with Gasteiger partial charge in [-0.25, -0.2) is 0 Å². The maximum Gasteiger partial charge on any atom is 0.285 e. The number of likely N-dealkylation sites (tertiary alicyclic amines) is 1. The number of fused-ring (bicyclic) bond motifs is 2. The Morgan fingerprint density at radius 2 is 1.91 bits per heavy atom. The van der Waals surface area contributed by atoms with Crippen molar-refractivity contribution in [1.82, 2.24) is 9.80 Å². The second-order valence-electron chi connectivity index (χ2n) is 8.24. The van der Waals surface area contributed by atoms with E-state index in [1.807, 2.05) is 23.1 Å². The van der Waals surface area contributed by atoms with Gasteiger partial charge in [-0.2, -0.15) is 8.42 Å². The average Bonchev–Trinajstić information content (AvgIpc) is 3.29. The van der Waals surface area contributed by atoms with E-state index in [0.29, 0.717) is 31.2 Å². The van der Waals surface area contributed by atoms with Gasteiger partial charge in [0.15, 0.2) is 17.3 Å². The van der Waals surface area contributed by atoms with Crippen molar-refractivity contribution in [3.8, 4) is 11.5 Å². The molecule has 8 nitrogen and oxygen atoms in total. The molecule has 0 radical (unpaired) electrons. The smallest absolute Gasteiger partial charge is 0.285 e. The van der Waals surface area contributed by atoms with Gasteiger partial charge in [-0.15, -0.1) is 4.40 Å². The van der Waals surface area contributed by atoms with Gasteiger partial charge in [-0.1, -0.05) is 18.2 Å². The Labute approximate surface area is 187 Å². The van der Waals surface area contributed by atoms with Crippen LogP contribution in [-0.4, -0.2) is 63.3 Å². The molecule has 0 saturated carbocycles. The molecule has 0 unspecified atom stereocenters. The summed E-state index contributed by atoms with van der Waals surface area (Å²) in [6.45, 7) is 1.95. The Morgan fingerprint density at radius 1 is 1.12 bits per heavy atom. The molecule has 3 aliphatic heterocycles. The molecule has 0 bridgehead atoms. The van der Waals surface area contributed by atoms with E-state index in [4.69, 9.17) is 9.47 Å².